The van der Waals surface area contributed by atoms with E-state index in [0.717, 1.165) is 0 Å². The average Bonchev–Trinajstić information content (AvgIpc) is 2.80. The molecule has 1 aromatic rings. The van der Waals surface area contributed by atoms with Crippen LogP contribution < -0.4 is 27.4 Å². The van der Waals surface area contributed by atoms with E-state index in [4.69, 9.17) is 11.5 Å². The lowest BCUT2D eigenvalue weighted by Gasteiger charge is -2.25. The minimum atomic E-state index is -1.61. The van der Waals surface area contributed by atoms with Gasteiger partial charge in [-0.3, -0.25) is 24.0 Å². The number of nitrogens with two attached hydrogens (primary N) is 2. The van der Waals surface area contributed by atoms with Crippen molar-refractivity contribution in [3.8, 4) is 0 Å². The highest BCUT2D eigenvalue weighted by molar-refractivity contribution is 5.95. The molecule has 0 aliphatic heterocycles. The summed E-state index contributed by atoms with van der Waals surface area (Å²) < 4.78 is 0. The normalized spacial score (nSPS) is 14.1. The van der Waals surface area contributed by atoms with Gasteiger partial charge in [-0.2, -0.15) is 0 Å². The molecule has 0 saturated heterocycles. The van der Waals surface area contributed by atoms with Gasteiger partial charge in [0.25, 0.3) is 0 Å². The molecule has 4 unspecified atom stereocenters. The number of carbonyl (C=O) groups excluding carboxylic acids is 4. The second kappa shape index (κ2) is 15.2. The minimum Gasteiger partial charge on any atom is -0.481 e. The Balaban J connectivity index is 2.99. The predicted octanol–water partition coefficient (Wildman–Crippen LogP) is -1.12. The zero-order valence-electron chi connectivity index (χ0n) is 20.8. The molecule has 0 heterocycles. The van der Waals surface area contributed by atoms with E-state index in [2.05, 4.69) is 16.0 Å². The molecular weight excluding hydrogens is 486 g/mol. The van der Waals surface area contributed by atoms with Crippen LogP contribution >= 0.6 is 0 Å². The van der Waals surface area contributed by atoms with E-state index in [1.54, 1.807) is 44.2 Å². The standard InChI is InChI=1S/C24H35N5O8/c1-13(2)10-16(27-21(33)15(25)8-9-19(26)30)22(34)28-17(12-20(31)32)23(35)29-18(24(36)37)11-14-6-4-3-5-7-14/h3-7,13,15-18H,8-12,25H2,1-2H3,(H2,26,30)(H,27,33)(H,28,34)(H,29,35)(H,31,32)(H,36,37). The van der Waals surface area contributed by atoms with Crippen molar-refractivity contribution in [1.29, 1.82) is 0 Å². The number of amides is 4. The van der Waals surface area contributed by atoms with Gasteiger partial charge in [0.2, 0.25) is 23.6 Å². The van der Waals surface area contributed by atoms with Crippen molar-refractivity contribution in [1.82, 2.24) is 16.0 Å². The van der Waals surface area contributed by atoms with Gasteiger partial charge in [0.05, 0.1) is 12.5 Å². The van der Waals surface area contributed by atoms with Gasteiger partial charge >= 0.3 is 11.9 Å². The zero-order chi connectivity index (χ0) is 28.1. The molecule has 204 valence electrons. The third-order valence-corrected chi connectivity index (χ3v) is 5.29. The van der Waals surface area contributed by atoms with Crippen molar-refractivity contribution in [2.75, 3.05) is 0 Å². The van der Waals surface area contributed by atoms with Crippen molar-refractivity contribution < 1.29 is 39.0 Å². The molecule has 0 fully saturated rings. The lowest BCUT2D eigenvalue weighted by atomic mass is 10.0. The quantitative estimate of drug-likeness (QED) is 0.139. The van der Waals surface area contributed by atoms with E-state index in [9.17, 15) is 39.0 Å². The molecule has 37 heavy (non-hydrogen) atoms. The second-order valence-electron chi connectivity index (χ2n) is 9.05. The third kappa shape index (κ3) is 12.0. The molecule has 0 aliphatic rings. The van der Waals surface area contributed by atoms with Gasteiger partial charge in [-0.05, 0) is 24.3 Å². The average molecular weight is 522 g/mol. The highest BCUT2D eigenvalue weighted by Crippen LogP contribution is 2.08. The van der Waals surface area contributed by atoms with E-state index in [0.29, 0.717) is 5.56 Å². The minimum absolute atomic E-state index is 0.0424. The first-order valence-electron chi connectivity index (χ1n) is 11.7. The van der Waals surface area contributed by atoms with E-state index in [1.165, 1.54) is 0 Å². The Bertz CT molecular complexity index is 969. The van der Waals surface area contributed by atoms with Crippen LogP contribution in [0.5, 0.6) is 0 Å². The predicted molar refractivity (Wildman–Crippen MR) is 132 cm³/mol. The van der Waals surface area contributed by atoms with Crippen molar-refractivity contribution in [3.05, 3.63) is 35.9 Å². The SMILES string of the molecule is CC(C)CC(NC(=O)C(N)CCC(N)=O)C(=O)NC(CC(=O)O)C(=O)NC(Cc1ccccc1)C(=O)O. The number of carbonyl (C=O) groups is 6. The number of hydrogen-bond acceptors (Lipinski definition) is 7. The fourth-order valence-corrected chi connectivity index (χ4v) is 3.39. The summed E-state index contributed by atoms with van der Waals surface area (Å²) in [6.45, 7) is 3.56. The van der Waals surface area contributed by atoms with Crippen molar-refractivity contribution in [2.24, 2.45) is 17.4 Å². The van der Waals surface area contributed by atoms with Crippen LogP contribution in [0.15, 0.2) is 30.3 Å². The van der Waals surface area contributed by atoms with E-state index < -0.39 is 66.2 Å². The monoisotopic (exact) mass is 521 g/mol. The van der Waals surface area contributed by atoms with E-state index in [1.807, 2.05) is 0 Å². The van der Waals surface area contributed by atoms with Crippen LogP contribution in [-0.4, -0.2) is 69.9 Å². The number of hydrogen-bond donors (Lipinski definition) is 7. The molecule has 1 rings (SSSR count). The van der Waals surface area contributed by atoms with Crippen LogP contribution in [0, 0.1) is 5.92 Å². The summed E-state index contributed by atoms with van der Waals surface area (Å²) in [6, 6.07) is 3.21. The van der Waals surface area contributed by atoms with Crippen LogP contribution in [0.2, 0.25) is 0 Å². The summed E-state index contributed by atoms with van der Waals surface area (Å²) in [5, 5.41) is 25.8. The molecule has 4 amide bonds. The molecule has 9 N–H and O–H groups in total. The lowest BCUT2D eigenvalue weighted by Crippen LogP contribution is -2.58. The van der Waals surface area contributed by atoms with Gasteiger partial charge in [-0.25, -0.2) is 4.79 Å². The summed E-state index contributed by atoms with van der Waals surface area (Å²) in [6.07, 6.45) is -0.933. The van der Waals surface area contributed by atoms with Gasteiger partial charge in [0, 0.05) is 12.8 Å². The Hall–Kier alpha value is -4.00. The Morgan fingerprint density at radius 2 is 1.38 bits per heavy atom. The van der Waals surface area contributed by atoms with Crippen molar-refractivity contribution in [2.45, 2.75) is 70.1 Å². The lowest BCUT2D eigenvalue weighted by molar-refractivity contribution is -0.143. The fraction of sp³-hybridized carbons (Fsp3) is 0.500. The number of primary amides is 1. The highest BCUT2D eigenvalue weighted by Gasteiger charge is 2.32. The van der Waals surface area contributed by atoms with Crippen LogP contribution in [0.3, 0.4) is 0 Å². The van der Waals surface area contributed by atoms with Crippen LogP contribution in [0.1, 0.15) is 45.1 Å². The Morgan fingerprint density at radius 3 is 1.89 bits per heavy atom. The maximum atomic E-state index is 13.0. The molecule has 0 aromatic heterocycles. The number of rotatable bonds is 16. The largest absolute Gasteiger partial charge is 0.481 e. The Morgan fingerprint density at radius 1 is 0.838 bits per heavy atom. The van der Waals surface area contributed by atoms with Crippen molar-refractivity contribution >= 4 is 35.6 Å². The van der Waals surface area contributed by atoms with E-state index in [-0.39, 0.29) is 31.6 Å². The molecule has 0 aliphatic carbocycles. The summed E-state index contributed by atoms with van der Waals surface area (Å²) in [4.78, 5) is 72.3. The fourth-order valence-electron chi connectivity index (χ4n) is 3.39. The first-order chi connectivity index (χ1) is 17.3. The molecule has 0 radical (unpaired) electrons. The summed E-state index contributed by atoms with van der Waals surface area (Å²) in [5.41, 5.74) is 11.4. The smallest absolute Gasteiger partial charge is 0.326 e. The van der Waals surface area contributed by atoms with Crippen molar-refractivity contribution in [3.63, 3.8) is 0 Å². The molecule has 13 nitrogen and oxygen atoms in total. The van der Waals surface area contributed by atoms with Gasteiger partial charge in [0.15, 0.2) is 0 Å². The van der Waals surface area contributed by atoms with Crippen LogP contribution in [0.4, 0.5) is 0 Å². The molecule has 1 aromatic carbocycles. The number of nitrogens with one attached hydrogen (secondary N) is 3. The highest BCUT2D eigenvalue weighted by atomic mass is 16.4. The Labute approximate surface area is 214 Å². The topological polar surface area (TPSA) is 231 Å². The molecule has 4 atom stereocenters. The molecule has 0 bridgehead atoms. The first-order valence-corrected chi connectivity index (χ1v) is 11.7. The number of benzene rings is 1. The van der Waals surface area contributed by atoms with Gasteiger partial charge in [-0.15, -0.1) is 0 Å². The third-order valence-electron chi connectivity index (χ3n) is 5.29. The molecule has 0 saturated carbocycles. The maximum Gasteiger partial charge on any atom is 0.326 e. The van der Waals surface area contributed by atoms with Gasteiger partial charge in [-0.1, -0.05) is 44.2 Å². The second-order valence-corrected chi connectivity index (χ2v) is 9.05. The number of carboxylic acids is 2. The molecular formula is C24H35N5O8. The summed E-state index contributed by atoms with van der Waals surface area (Å²) in [7, 11) is 0. The zero-order valence-corrected chi connectivity index (χ0v) is 20.8. The summed E-state index contributed by atoms with van der Waals surface area (Å²) in [5.74, 6) is -6.07. The van der Waals surface area contributed by atoms with Gasteiger partial charge in [0.1, 0.15) is 18.1 Å². The molecule has 0 spiro atoms. The van der Waals surface area contributed by atoms with Crippen LogP contribution in [-0.2, 0) is 35.2 Å². The number of carboxylic acid groups (broad SMARTS) is 2. The van der Waals surface area contributed by atoms with Crippen LogP contribution in [0.25, 0.3) is 0 Å². The van der Waals surface area contributed by atoms with Gasteiger partial charge < -0.3 is 37.6 Å². The maximum absolute atomic E-state index is 13.0. The summed E-state index contributed by atoms with van der Waals surface area (Å²) >= 11 is 0. The first kappa shape index (κ1) is 31.0. The number of aliphatic carboxylic acids is 2. The Kier molecular flexibility index (Phi) is 12.7. The van der Waals surface area contributed by atoms with E-state index >= 15 is 0 Å². The molecule has 13 heteroatoms.